The van der Waals surface area contributed by atoms with Crippen LogP contribution in [-0.2, 0) is 4.79 Å². The topological polar surface area (TPSA) is 50.4 Å². The van der Waals surface area contributed by atoms with E-state index in [2.05, 4.69) is 10.6 Å². The van der Waals surface area contributed by atoms with Crippen LogP contribution in [0.25, 0.3) is 0 Å². The van der Waals surface area contributed by atoms with Gasteiger partial charge in [0.05, 0.1) is 12.1 Å². The van der Waals surface area contributed by atoms with Crippen LogP contribution in [0.3, 0.4) is 0 Å². The molecule has 0 bridgehead atoms. The first-order chi connectivity index (χ1) is 9.19. The minimum absolute atomic E-state index is 0. The van der Waals surface area contributed by atoms with Gasteiger partial charge in [-0.1, -0.05) is 11.6 Å². The molecule has 1 aromatic carbocycles. The number of anilines is 1. The molecule has 112 valence electrons. The standard InChI is InChI=1S/C13H17ClN2O2S.ClH/c1-18-12-6-9(2-3-11(12)14)16-13(17)7-10-8-19-5-4-15-10;/h2-3,6,10,15H,4-5,7-8H2,1H3,(H,16,17);1H. The zero-order valence-electron chi connectivity index (χ0n) is 11.1. The van der Waals surface area contributed by atoms with E-state index in [0.29, 0.717) is 22.9 Å². The molecule has 1 saturated heterocycles. The second-order valence-electron chi connectivity index (χ2n) is 4.33. The van der Waals surface area contributed by atoms with Crippen molar-refractivity contribution in [2.75, 3.05) is 30.5 Å². The number of halogens is 2. The number of benzene rings is 1. The maximum Gasteiger partial charge on any atom is 0.225 e. The van der Waals surface area contributed by atoms with Crippen LogP contribution in [0.4, 0.5) is 5.69 Å². The molecule has 0 aromatic heterocycles. The zero-order chi connectivity index (χ0) is 13.7. The van der Waals surface area contributed by atoms with Crippen LogP contribution in [0.15, 0.2) is 18.2 Å². The molecule has 0 radical (unpaired) electrons. The van der Waals surface area contributed by atoms with Crippen molar-refractivity contribution in [3.63, 3.8) is 0 Å². The van der Waals surface area contributed by atoms with Gasteiger partial charge in [-0.15, -0.1) is 12.4 Å². The quantitative estimate of drug-likeness (QED) is 0.887. The van der Waals surface area contributed by atoms with Gasteiger partial charge in [0.1, 0.15) is 5.75 Å². The molecule has 1 aromatic rings. The van der Waals surface area contributed by atoms with Crippen molar-refractivity contribution in [3.8, 4) is 5.75 Å². The fourth-order valence-electron chi connectivity index (χ4n) is 1.92. The van der Waals surface area contributed by atoms with E-state index in [-0.39, 0.29) is 24.4 Å². The fraction of sp³-hybridized carbons (Fsp3) is 0.462. The first-order valence-electron chi connectivity index (χ1n) is 6.13. The van der Waals surface area contributed by atoms with Gasteiger partial charge in [0.15, 0.2) is 0 Å². The van der Waals surface area contributed by atoms with Crippen molar-refractivity contribution >= 4 is 47.4 Å². The lowest BCUT2D eigenvalue weighted by Crippen LogP contribution is -2.39. The maximum absolute atomic E-state index is 11.9. The Balaban J connectivity index is 0.00000200. The van der Waals surface area contributed by atoms with Crippen LogP contribution >= 0.6 is 35.8 Å². The Morgan fingerprint density at radius 1 is 1.60 bits per heavy atom. The number of rotatable bonds is 4. The largest absolute Gasteiger partial charge is 0.495 e. The number of carbonyl (C=O) groups excluding carboxylic acids is 1. The molecule has 0 spiro atoms. The fourth-order valence-corrected chi connectivity index (χ4v) is 3.07. The third-order valence-corrected chi connectivity index (χ3v) is 4.31. The Labute approximate surface area is 134 Å². The summed E-state index contributed by atoms with van der Waals surface area (Å²) in [4.78, 5) is 11.9. The van der Waals surface area contributed by atoms with E-state index < -0.39 is 0 Å². The number of hydrogen-bond donors (Lipinski definition) is 2. The van der Waals surface area contributed by atoms with Gasteiger partial charge in [-0.2, -0.15) is 11.8 Å². The van der Waals surface area contributed by atoms with E-state index in [1.807, 2.05) is 11.8 Å². The zero-order valence-corrected chi connectivity index (χ0v) is 13.5. The molecule has 1 aliphatic heterocycles. The van der Waals surface area contributed by atoms with Gasteiger partial charge in [-0.05, 0) is 12.1 Å². The van der Waals surface area contributed by atoms with Crippen molar-refractivity contribution < 1.29 is 9.53 Å². The number of thioether (sulfide) groups is 1. The summed E-state index contributed by atoms with van der Waals surface area (Å²) in [6.45, 7) is 0.970. The van der Waals surface area contributed by atoms with Gasteiger partial charge in [-0.3, -0.25) is 4.79 Å². The van der Waals surface area contributed by atoms with Crippen molar-refractivity contribution in [2.24, 2.45) is 0 Å². The number of amides is 1. The highest BCUT2D eigenvalue weighted by atomic mass is 35.5. The third kappa shape index (κ3) is 5.05. The summed E-state index contributed by atoms with van der Waals surface area (Å²) in [6, 6.07) is 5.47. The predicted octanol–water partition coefficient (Wildman–Crippen LogP) is 2.80. The minimum Gasteiger partial charge on any atom is -0.495 e. The third-order valence-electron chi connectivity index (χ3n) is 2.87. The number of ether oxygens (including phenoxy) is 1. The molecule has 0 saturated carbocycles. The lowest BCUT2D eigenvalue weighted by atomic mass is 10.2. The summed E-state index contributed by atoms with van der Waals surface area (Å²) in [5.74, 6) is 2.67. The SMILES string of the molecule is COc1cc(NC(=O)CC2CSCCN2)ccc1Cl.Cl. The van der Waals surface area contributed by atoms with E-state index in [0.717, 1.165) is 18.1 Å². The lowest BCUT2D eigenvalue weighted by Gasteiger charge is -2.22. The normalized spacial score (nSPS) is 18.0. The second kappa shape index (κ2) is 8.62. The Morgan fingerprint density at radius 3 is 3.05 bits per heavy atom. The van der Waals surface area contributed by atoms with Crippen LogP contribution in [0.1, 0.15) is 6.42 Å². The van der Waals surface area contributed by atoms with E-state index in [4.69, 9.17) is 16.3 Å². The minimum atomic E-state index is 0. The molecule has 2 rings (SSSR count). The van der Waals surface area contributed by atoms with E-state index in [9.17, 15) is 4.79 Å². The van der Waals surface area contributed by atoms with Gasteiger partial charge in [0, 0.05) is 42.3 Å². The highest BCUT2D eigenvalue weighted by Crippen LogP contribution is 2.27. The van der Waals surface area contributed by atoms with Crippen LogP contribution < -0.4 is 15.4 Å². The molecule has 1 unspecified atom stereocenters. The summed E-state index contributed by atoms with van der Waals surface area (Å²) in [5.41, 5.74) is 0.703. The molecule has 7 heteroatoms. The molecule has 20 heavy (non-hydrogen) atoms. The molecular weight excluding hydrogens is 319 g/mol. The maximum atomic E-state index is 11.9. The molecule has 0 aliphatic carbocycles. The van der Waals surface area contributed by atoms with E-state index in [1.165, 1.54) is 0 Å². The Bertz CT molecular complexity index is 454. The summed E-state index contributed by atoms with van der Waals surface area (Å²) in [7, 11) is 1.55. The summed E-state index contributed by atoms with van der Waals surface area (Å²) >= 11 is 7.82. The number of nitrogens with one attached hydrogen (secondary N) is 2. The molecule has 1 fully saturated rings. The summed E-state index contributed by atoms with van der Waals surface area (Å²) in [5, 5.41) is 6.74. The Morgan fingerprint density at radius 2 is 2.40 bits per heavy atom. The van der Waals surface area contributed by atoms with Gasteiger partial charge < -0.3 is 15.4 Å². The number of hydrogen-bond acceptors (Lipinski definition) is 4. The Kier molecular flexibility index (Phi) is 7.51. The molecule has 1 heterocycles. The molecule has 1 amide bonds. The second-order valence-corrected chi connectivity index (χ2v) is 5.88. The molecule has 1 aliphatic rings. The summed E-state index contributed by atoms with van der Waals surface area (Å²) in [6.07, 6.45) is 0.484. The highest BCUT2D eigenvalue weighted by molar-refractivity contribution is 7.99. The van der Waals surface area contributed by atoms with Crippen molar-refractivity contribution in [1.29, 1.82) is 0 Å². The first-order valence-corrected chi connectivity index (χ1v) is 7.67. The van der Waals surface area contributed by atoms with Gasteiger partial charge >= 0.3 is 0 Å². The average Bonchev–Trinajstić information content (AvgIpc) is 2.42. The Hall–Kier alpha value is -0.620. The number of methoxy groups -OCH3 is 1. The molecular formula is C13H18Cl2N2O2S. The van der Waals surface area contributed by atoms with Crippen LogP contribution in [0.5, 0.6) is 5.75 Å². The van der Waals surface area contributed by atoms with Gasteiger partial charge in [0.2, 0.25) is 5.91 Å². The van der Waals surface area contributed by atoms with Crippen LogP contribution in [0, 0.1) is 0 Å². The van der Waals surface area contributed by atoms with Crippen molar-refractivity contribution in [1.82, 2.24) is 5.32 Å². The number of carbonyl (C=O) groups is 1. The van der Waals surface area contributed by atoms with Crippen molar-refractivity contribution in [2.45, 2.75) is 12.5 Å². The van der Waals surface area contributed by atoms with E-state index >= 15 is 0 Å². The molecule has 4 nitrogen and oxygen atoms in total. The smallest absolute Gasteiger partial charge is 0.225 e. The molecule has 2 N–H and O–H groups in total. The average molecular weight is 337 g/mol. The lowest BCUT2D eigenvalue weighted by molar-refractivity contribution is -0.116. The highest BCUT2D eigenvalue weighted by Gasteiger charge is 2.16. The van der Waals surface area contributed by atoms with Crippen molar-refractivity contribution in [3.05, 3.63) is 23.2 Å². The van der Waals surface area contributed by atoms with Crippen LogP contribution in [0.2, 0.25) is 5.02 Å². The van der Waals surface area contributed by atoms with Crippen LogP contribution in [-0.4, -0.2) is 37.1 Å². The monoisotopic (exact) mass is 336 g/mol. The predicted molar refractivity (Wildman–Crippen MR) is 87.6 cm³/mol. The molecule has 1 atom stereocenters. The van der Waals surface area contributed by atoms with Gasteiger partial charge in [0.25, 0.3) is 0 Å². The first kappa shape index (κ1) is 17.4. The van der Waals surface area contributed by atoms with Gasteiger partial charge in [-0.25, -0.2) is 0 Å². The summed E-state index contributed by atoms with van der Waals surface area (Å²) < 4.78 is 5.12. The van der Waals surface area contributed by atoms with E-state index in [1.54, 1.807) is 25.3 Å².